The van der Waals surface area contributed by atoms with Crippen molar-refractivity contribution < 1.29 is 8.78 Å². The van der Waals surface area contributed by atoms with Crippen LogP contribution in [0.4, 0.5) is 8.78 Å². The van der Waals surface area contributed by atoms with Gasteiger partial charge in [-0.1, -0.05) is 0 Å². The molecule has 2 heterocycles. The molecule has 1 aliphatic heterocycles. The zero-order valence-corrected chi connectivity index (χ0v) is 12.8. The molecule has 118 valence electrons. The fourth-order valence-corrected chi connectivity index (χ4v) is 3.18. The van der Waals surface area contributed by atoms with E-state index in [1.165, 1.54) is 12.1 Å². The summed E-state index contributed by atoms with van der Waals surface area (Å²) in [7, 11) is 0. The summed E-state index contributed by atoms with van der Waals surface area (Å²) in [6, 6.07) is 5.82. The van der Waals surface area contributed by atoms with Crippen molar-refractivity contribution in [2.24, 2.45) is 5.92 Å². The summed E-state index contributed by atoms with van der Waals surface area (Å²) in [4.78, 5) is 2.40. The van der Waals surface area contributed by atoms with Crippen LogP contribution in [0.25, 0.3) is 0 Å². The standard InChI is InChI=1S/C17H21F2N3/c1-13-2-5-22(20-13)7-6-21-4-3-14(12-21)8-15-9-16(18)11-17(19)10-15/h2,5,9-11,14H,3-4,6-8,12H2,1H3. The van der Waals surface area contributed by atoms with Crippen molar-refractivity contribution in [3.8, 4) is 0 Å². The van der Waals surface area contributed by atoms with Gasteiger partial charge in [0.2, 0.25) is 0 Å². The van der Waals surface area contributed by atoms with E-state index in [0.717, 1.165) is 56.3 Å². The fourth-order valence-electron chi connectivity index (χ4n) is 3.18. The van der Waals surface area contributed by atoms with Gasteiger partial charge in [-0.2, -0.15) is 5.10 Å². The van der Waals surface area contributed by atoms with E-state index in [2.05, 4.69) is 10.00 Å². The lowest BCUT2D eigenvalue weighted by Crippen LogP contribution is -2.25. The molecule has 1 fully saturated rings. The van der Waals surface area contributed by atoms with Crippen molar-refractivity contribution in [3.63, 3.8) is 0 Å². The normalized spacial score (nSPS) is 19.0. The Labute approximate surface area is 129 Å². The summed E-state index contributed by atoms with van der Waals surface area (Å²) in [5.41, 5.74) is 1.79. The second kappa shape index (κ2) is 6.57. The summed E-state index contributed by atoms with van der Waals surface area (Å²) < 4.78 is 28.4. The molecule has 1 atom stereocenters. The summed E-state index contributed by atoms with van der Waals surface area (Å²) >= 11 is 0. The van der Waals surface area contributed by atoms with Gasteiger partial charge in [-0.05, 0) is 56.0 Å². The predicted molar refractivity (Wildman–Crippen MR) is 81.6 cm³/mol. The van der Waals surface area contributed by atoms with Crippen LogP contribution in [-0.2, 0) is 13.0 Å². The third kappa shape index (κ3) is 3.91. The Morgan fingerprint density at radius 3 is 2.64 bits per heavy atom. The lowest BCUT2D eigenvalue weighted by Gasteiger charge is -2.16. The number of likely N-dealkylation sites (tertiary alicyclic amines) is 1. The number of rotatable bonds is 5. The summed E-state index contributed by atoms with van der Waals surface area (Å²) in [5.74, 6) is -0.502. The molecule has 0 spiro atoms. The van der Waals surface area contributed by atoms with Gasteiger partial charge in [0.15, 0.2) is 0 Å². The molecule has 5 heteroatoms. The molecular weight excluding hydrogens is 284 g/mol. The number of aromatic nitrogens is 2. The molecule has 0 radical (unpaired) electrons. The minimum atomic E-state index is -0.487. The maximum Gasteiger partial charge on any atom is 0.126 e. The molecule has 3 nitrogen and oxygen atoms in total. The van der Waals surface area contributed by atoms with Crippen molar-refractivity contribution in [2.75, 3.05) is 19.6 Å². The number of halogens is 2. The van der Waals surface area contributed by atoms with Gasteiger partial charge in [-0.25, -0.2) is 8.78 Å². The molecule has 1 aromatic heterocycles. The van der Waals surface area contributed by atoms with Crippen LogP contribution in [0.2, 0.25) is 0 Å². The second-order valence-electron chi connectivity index (χ2n) is 6.16. The van der Waals surface area contributed by atoms with Crippen LogP contribution in [-0.4, -0.2) is 34.3 Å². The Morgan fingerprint density at radius 1 is 1.18 bits per heavy atom. The molecule has 0 aliphatic carbocycles. The van der Waals surface area contributed by atoms with Gasteiger partial charge in [0, 0.05) is 25.4 Å². The Balaban J connectivity index is 1.49. The Kier molecular flexibility index (Phi) is 4.52. The minimum absolute atomic E-state index is 0.473. The van der Waals surface area contributed by atoms with E-state index in [1.54, 1.807) is 0 Å². The molecule has 1 aromatic carbocycles. The van der Waals surface area contributed by atoms with E-state index < -0.39 is 11.6 Å². The van der Waals surface area contributed by atoms with Crippen molar-refractivity contribution in [1.82, 2.24) is 14.7 Å². The number of benzene rings is 1. The zero-order valence-electron chi connectivity index (χ0n) is 12.8. The van der Waals surface area contributed by atoms with Gasteiger partial charge in [0.05, 0.1) is 12.2 Å². The van der Waals surface area contributed by atoms with E-state index in [4.69, 9.17) is 0 Å². The molecule has 1 saturated heterocycles. The van der Waals surface area contributed by atoms with Crippen molar-refractivity contribution in [2.45, 2.75) is 26.3 Å². The van der Waals surface area contributed by atoms with Gasteiger partial charge in [-0.15, -0.1) is 0 Å². The fraction of sp³-hybridized carbons (Fsp3) is 0.471. The number of hydrogen-bond acceptors (Lipinski definition) is 2. The molecule has 0 bridgehead atoms. The lowest BCUT2D eigenvalue weighted by atomic mass is 9.98. The van der Waals surface area contributed by atoms with Gasteiger partial charge in [0.1, 0.15) is 11.6 Å². The van der Waals surface area contributed by atoms with Crippen molar-refractivity contribution in [1.29, 1.82) is 0 Å². The molecule has 1 aliphatic rings. The average Bonchev–Trinajstić information content (AvgIpc) is 3.04. The Morgan fingerprint density at radius 2 is 1.95 bits per heavy atom. The maximum absolute atomic E-state index is 13.2. The quantitative estimate of drug-likeness (QED) is 0.846. The third-order valence-electron chi connectivity index (χ3n) is 4.24. The van der Waals surface area contributed by atoms with Crippen LogP contribution >= 0.6 is 0 Å². The molecule has 0 amide bonds. The number of hydrogen-bond donors (Lipinski definition) is 0. The smallest absolute Gasteiger partial charge is 0.126 e. The molecule has 1 unspecified atom stereocenters. The Hall–Kier alpha value is -1.75. The maximum atomic E-state index is 13.2. The average molecular weight is 305 g/mol. The second-order valence-corrected chi connectivity index (χ2v) is 6.16. The van der Waals surface area contributed by atoms with Gasteiger partial charge in [-0.3, -0.25) is 4.68 Å². The highest BCUT2D eigenvalue weighted by atomic mass is 19.1. The monoisotopic (exact) mass is 305 g/mol. The first-order valence-electron chi connectivity index (χ1n) is 7.76. The van der Waals surface area contributed by atoms with Crippen molar-refractivity contribution in [3.05, 3.63) is 53.4 Å². The first kappa shape index (κ1) is 15.2. The van der Waals surface area contributed by atoms with Crippen LogP contribution in [0.1, 0.15) is 17.7 Å². The van der Waals surface area contributed by atoms with Gasteiger partial charge >= 0.3 is 0 Å². The number of nitrogens with zero attached hydrogens (tertiary/aromatic N) is 3. The number of aryl methyl sites for hydroxylation is 1. The zero-order chi connectivity index (χ0) is 15.5. The van der Waals surface area contributed by atoms with E-state index >= 15 is 0 Å². The first-order valence-corrected chi connectivity index (χ1v) is 7.76. The van der Waals surface area contributed by atoms with E-state index in [-0.39, 0.29) is 0 Å². The summed E-state index contributed by atoms with van der Waals surface area (Å²) in [5, 5.41) is 4.38. The molecule has 0 N–H and O–H groups in total. The van der Waals surface area contributed by atoms with Crippen LogP contribution in [0.15, 0.2) is 30.5 Å². The topological polar surface area (TPSA) is 21.1 Å². The summed E-state index contributed by atoms with van der Waals surface area (Å²) in [6.07, 6.45) is 3.82. The van der Waals surface area contributed by atoms with Crippen LogP contribution in [0.5, 0.6) is 0 Å². The van der Waals surface area contributed by atoms with E-state index in [9.17, 15) is 8.78 Å². The predicted octanol–water partition coefficient (Wildman–Crippen LogP) is 3.03. The van der Waals surface area contributed by atoms with E-state index in [1.807, 2.05) is 23.9 Å². The van der Waals surface area contributed by atoms with Gasteiger partial charge in [0.25, 0.3) is 0 Å². The molecule has 22 heavy (non-hydrogen) atoms. The Bertz CT molecular complexity index is 618. The molecule has 2 aromatic rings. The largest absolute Gasteiger partial charge is 0.301 e. The SMILES string of the molecule is Cc1ccn(CCN2CCC(Cc3cc(F)cc(F)c3)C2)n1. The highest BCUT2D eigenvalue weighted by Crippen LogP contribution is 2.21. The lowest BCUT2D eigenvalue weighted by molar-refractivity contribution is 0.303. The minimum Gasteiger partial charge on any atom is -0.301 e. The molecule has 3 rings (SSSR count). The highest BCUT2D eigenvalue weighted by Gasteiger charge is 2.22. The third-order valence-corrected chi connectivity index (χ3v) is 4.24. The van der Waals surface area contributed by atoms with Crippen LogP contribution in [0, 0.1) is 24.5 Å². The molecular formula is C17H21F2N3. The first-order chi connectivity index (χ1) is 10.6. The van der Waals surface area contributed by atoms with Gasteiger partial charge < -0.3 is 4.90 Å². The van der Waals surface area contributed by atoms with E-state index in [0.29, 0.717) is 5.92 Å². The highest BCUT2D eigenvalue weighted by molar-refractivity contribution is 5.18. The van der Waals surface area contributed by atoms with Crippen LogP contribution in [0.3, 0.4) is 0 Å². The summed E-state index contributed by atoms with van der Waals surface area (Å²) in [6.45, 7) is 5.87. The molecule has 0 saturated carbocycles. The van der Waals surface area contributed by atoms with Crippen LogP contribution < -0.4 is 0 Å². The van der Waals surface area contributed by atoms with Crippen molar-refractivity contribution >= 4 is 0 Å².